The van der Waals surface area contributed by atoms with E-state index in [1.807, 2.05) is 0 Å². The summed E-state index contributed by atoms with van der Waals surface area (Å²) in [5.41, 5.74) is -0.447. The number of hydrogen-bond acceptors (Lipinski definition) is 5. The number of halogens is 2. The third-order valence-corrected chi connectivity index (χ3v) is 7.82. The van der Waals surface area contributed by atoms with Crippen LogP contribution in [0.1, 0.15) is 59.4 Å². The fraction of sp³-hybridized carbons (Fsp3) is 0.357. The minimum absolute atomic E-state index is 0.0279. The van der Waals surface area contributed by atoms with Crippen molar-refractivity contribution in [2.24, 2.45) is 5.41 Å². The van der Waals surface area contributed by atoms with E-state index >= 15 is 0 Å². The predicted molar refractivity (Wildman–Crippen MR) is 139 cm³/mol. The number of hydrogen-bond donors (Lipinski definition) is 2. The molecule has 7 nitrogen and oxygen atoms in total. The maximum absolute atomic E-state index is 14.1. The number of aliphatic hydroxyl groups excluding tert-OH is 1. The molecule has 194 valence electrons. The Hall–Kier alpha value is -2.68. The summed E-state index contributed by atoms with van der Waals surface area (Å²) in [5.74, 6) is -0.347. The zero-order valence-corrected chi connectivity index (χ0v) is 22.1. The molecule has 0 unspecified atom stereocenters. The number of aromatic nitrogens is 1. The molecular formula is C28H28Cl2N2O5. The van der Waals surface area contributed by atoms with Gasteiger partial charge in [-0.25, -0.2) is 0 Å². The molecule has 37 heavy (non-hydrogen) atoms. The van der Waals surface area contributed by atoms with E-state index in [-0.39, 0.29) is 36.1 Å². The Morgan fingerprint density at radius 3 is 2.35 bits per heavy atom. The summed E-state index contributed by atoms with van der Waals surface area (Å²) in [4.78, 5) is 15.6. The number of fused-ring (bicyclic) bond motifs is 1. The fourth-order valence-corrected chi connectivity index (χ4v) is 5.07. The van der Waals surface area contributed by atoms with E-state index in [4.69, 9.17) is 27.9 Å². The second kappa shape index (κ2) is 9.26. The van der Waals surface area contributed by atoms with E-state index in [1.165, 1.54) is 11.1 Å². The van der Waals surface area contributed by atoms with Crippen molar-refractivity contribution in [1.29, 1.82) is 0 Å². The molecule has 9 heteroatoms. The number of rotatable bonds is 8. The Kier molecular flexibility index (Phi) is 6.49. The molecule has 2 N–H and O–H groups in total. The van der Waals surface area contributed by atoms with Gasteiger partial charge < -0.3 is 20.2 Å². The monoisotopic (exact) mass is 542 g/mol. The first kappa shape index (κ1) is 25.9. The Balaban J connectivity index is 1.71. The molecule has 0 saturated heterocycles. The molecule has 1 aliphatic heterocycles. The molecule has 1 saturated carbocycles. The quantitative estimate of drug-likeness (QED) is 0.322. The highest BCUT2D eigenvalue weighted by atomic mass is 35.5. The highest BCUT2D eigenvalue weighted by Gasteiger charge is 2.55. The van der Waals surface area contributed by atoms with E-state index in [9.17, 15) is 20.2 Å². The van der Waals surface area contributed by atoms with Crippen molar-refractivity contribution in [2.45, 2.75) is 44.6 Å². The van der Waals surface area contributed by atoms with E-state index in [0.717, 1.165) is 12.8 Å². The molecule has 1 aromatic heterocycles. The molecule has 0 radical (unpaired) electrons. The third kappa shape index (κ3) is 4.60. The Morgan fingerprint density at radius 1 is 1.08 bits per heavy atom. The Labute approximate surface area is 225 Å². The average Bonchev–Trinajstić information content (AvgIpc) is 3.60. The summed E-state index contributed by atoms with van der Waals surface area (Å²) in [6.07, 6.45) is 2.87. The standard InChI is InChI=1S/C28H28Cl2N2O5/c1-26(2,35)19-5-10-24-23(13-19)25(34)31(15-22-9-8-21(30)14-32(22)36)28(24,18-3-6-20(29)7-4-18)37-17-27(16-33)11-12-27/h3-10,13-14,33,35H,11-12,15-17H2,1-2H3/t28-/m1/s1. The van der Waals surface area contributed by atoms with Crippen molar-refractivity contribution in [3.63, 3.8) is 0 Å². The normalized spacial score (nSPS) is 20.3. The van der Waals surface area contributed by atoms with Crippen molar-refractivity contribution < 1.29 is 24.5 Å². The molecule has 0 spiro atoms. The van der Waals surface area contributed by atoms with Gasteiger partial charge in [-0.2, -0.15) is 4.73 Å². The summed E-state index contributed by atoms with van der Waals surface area (Å²) in [6, 6.07) is 15.5. The number of carbonyl (C=O) groups excluding carboxylic acids is 1. The fourth-order valence-electron chi connectivity index (χ4n) is 4.79. The first-order valence-electron chi connectivity index (χ1n) is 12.1. The number of nitrogens with zero attached hydrogens (tertiary/aromatic N) is 2. The lowest BCUT2D eigenvalue weighted by atomic mass is 9.89. The number of pyridine rings is 1. The van der Waals surface area contributed by atoms with Crippen LogP contribution in [0.3, 0.4) is 0 Å². The van der Waals surface area contributed by atoms with Gasteiger partial charge in [0.25, 0.3) is 5.91 Å². The minimum Gasteiger partial charge on any atom is -0.618 e. The summed E-state index contributed by atoms with van der Waals surface area (Å²) in [6.45, 7) is 3.42. The first-order valence-corrected chi connectivity index (χ1v) is 12.8. The van der Waals surface area contributed by atoms with Crippen LogP contribution in [0, 0.1) is 10.6 Å². The van der Waals surface area contributed by atoms with Gasteiger partial charge in [0.15, 0.2) is 11.9 Å². The molecular weight excluding hydrogens is 515 g/mol. The van der Waals surface area contributed by atoms with E-state index in [1.54, 1.807) is 68.4 Å². The minimum atomic E-state index is -1.40. The van der Waals surface area contributed by atoms with Crippen molar-refractivity contribution in [1.82, 2.24) is 4.90 Å². The number of aliphatic hydroxyl groups is 2. The van der Waals surface area contributed by atoms with Crippen LogP contribution in [0.4, 0.5) is 0 Å². The van der Waals surface area contributed by atoms with Gasteiger partial charge in [-0.1, -0.05) is 47.5 Å². The van der Waals surface area contributed by atoms with E-state index < -0.39 is 11.3 Å². The van der Waals surface area contributed by atoms with Gasteiger partial charge >= 0.3 is 0 Å². The number of ether oxygens (including phenoxy) is 1. The van der Waals surface area contributed by atoms with Gasteiger partial charge in [-0.3, -0.25) is 9.69 Å². The Morgan fingerprint density at radius 2 is 1.76 bits per heavy atom. The molecule has 0 bridgehead atoms. The lowest BCUT2D eigenvalue weighted by Gasteiger charge is -2.40. The summed E-state index contributed by atoms with van der Waals surface area (Å²) >= 11 is 12.2. The second-order valence-electron chi connectivity index (χ2n) is 10.5. The van der Waals surface area contributed by atoms with Gasteiger partial charge in [-0.15, -0.1) is 0 Å². The third-order valence-electron chi connectivity index (χ3n) is 7.34. The average molecular weight is 543 g/mol. The maximum Gasteiger partial charge on any atom is 0.257 e. The van der Waals surface area contributed by atoms with Crippen LogP contribution in [0.5, 0.6) is 0 Å². The molecule has 2 heterocycles. The van der Waals surface area contributed by atoms with Gasteiger partial charge in [0.1, 0.15) is 11.6 Å². The largest absolute Gasteiger partial charge is 0.618 e. The molecule has 3 aromatic rings. The van der Waals surface area contributed by atoms with Crippen LogP contribution in [0.15, 0.2) is 60.8 Å². The molecule has 1 atom stereocenters. The van der Waals surface area contributed by atoms with Crippen molar-refractivity contribution in [3.8, 4) is 0 Å². The van der Waals surface area contributed by atoms with Crippen LogP contribution < -0.4 is 4.73 Å². The smallest absolute Gasteiger partial charge is 0.257 e. The van der Waals surface area contributed by atoms with E-state index in [0.29, 0.717) is 37.7 Å². The van der Waals surface area contributed by atoms with Gasteiger partial charge in [-0.05, 0) is 56.5 Å². The van der Waals surface area contributed by atoms with Crippen LogP contribution >= 0.6 is 23.2 Å². The van der Waals surface area contributed by atoms with Gasteiger partial charge in [0.05, 0.1) is 18.8 Å². The summed E-state index contributed by atoms with van der Waals surface area (Å²) in [7, 11) is 0. The topological polar surface area (TPSA) is 96.9 Å². The van der Waals surface area contributed by atoms with Crippen molar-refractivity contribution >= 4 is 29.1 Å². The predicted octanol–water partition coefficient (Wildman–Crippen LogP) is 4.50. The van der Waals surface area contributed by atoms with Crippen LogP contribution in [0.25, 0.3) is 0 Å². The van der Waals surface area contributed by atoms with Crippen molar-refractivity contribution in [3.05, 3.63) is 104 Å². The van der Waals surface area contributed by atoms with E-state index in [2.05, 4.69) is 0 Å². The lowest BCUT2D eigenvalue weighted by Crippen LogP contribution is -2.49. The SMILES string of the molecule is CC(C)(O)c1ccc2c(c1)C(=O)N(Cc1ccc(Cl)c[n+]1[O-])[C@@]2(OCC1(CO)CC1)c1ccc(Cl)cc1. The molecule has 1 fully saturated rings. The lowest BCUT2D eigenvalue weighted by molar-refractivity contribution is -0.615. The first-order chi connectivity index (χ1) is 17.5. The molecule has 2 aromatic carbocycles. The summed E-state index contributed by atoms with van der Waals surface area (Å²) < 4.78 is 7.35. The maximum atomic E-state index is 14.1. The highest BCUT2D eigenvalue weighted by Crippen LogP contribution is 2.51. The Bertz CT molecular complexity index is 1350. The van der Waals surface area contributed by atoms with Crippen molar-refractivity contribution in [2.75, 3.05) is 13.2 Å². The number of benzene rings is 2. The van der Waals surface area contributed by atoms with Crippen LogP contribution in [0.2, 0.25) is 10.0 Å². The number of amides is 1. The van der Waals surface area contributed by atoms with Gasteiger partial charge in [0.2, 0.25) is 5.69 Å². The zero-order valence-electron chi connectivity index (χ0n) is 20.6. The number of carbonyl (C=O) groups is 1. The second-order valence-corrected chi connectivity index (χ2v) is 11.3. The summed E-state index contributed by atoms with van der Waals surface area (Å²) in [5, 5.41) is 34.2. The zero-order chi connectivity index (χ0) is 26.6. The molecule has 1 aliphatic carbocycles. The molecule has 1 amide bonds. The highest BCUT2D eigenvalue weighted by molar-refractivity contribution is 6.30. The van der Waals surface area contributed by atoms with Crippen LogP contribution in [-0.4, -0.2) is 34.2 Å². The molecule has 2 aliphatic rings. The van der Waals surface area contributed by atoms with Crippen LogP contribution in [-0.2, 0) is 22.6 Å². The van der Waals surface area contributed by atoms with Gasteiger partial charge in [0, 0.05) is 33.2 Å². The molecule has 5 rings (SSSR count).